The van der Waals surface area contributed by atoms with E-state index in [1.807, 2.05) is 0 Å². The fourth-order valence-electron chi connectivity index (χ4n) is 4.23. The summed E-state index contributed by atoms with van der Waals surface area (Å²) in [6.07, 6.45) is 0.161. The van der Waals surface area contributed by atoms with Gasteiger partial charge in [0.25, 0.3) is 0 Å². The lowest BCUT2D eigenvalue weighted by Gasteiger charge is -2.26. The second-order valence-electron chi connectivity index (χ2n) is 9.40. The lowest BCUT2D eigenvalue weighted by molar-refractivity contribution is -0.143. The van der Waals surface area contributed by atoms with Crippen molar-refractivity contribution in [3.8, 4) is 5.75 Å². The van der Waals surface area contributed by atoms with Crippen molar-refractivity contribution in [1.82, 2.24) is 21.3 Å². The van der Waals surface area contributed by atoms with E-state index in [9.17, 15) is 34.5 Å². The van der Waals surface area contributed by atoms with Crippen molar-refractivity contribution in [3.05, 3.63) is 65.7 Å². The number of carbonyl (C=O) groups is 4. The molecule has 3 rings (SSSR count). The molecule has 0 radical (unpaired) electrons. The Morgan fingerprint density at radius 3 is 2.11 bits per heavy atom. The van der Waals surface area contributed by atoms with Crippen LogP contribution < -0.4 is 21.3 Å². The minimum Gasteiger partial charge on any atom is -0.508 e. The van der Waals surface area contributed by atoms with Crippen LogP contribution >= 0.6 is 0 Å². The van der Waals surface area contributed by atoms with Gasteiger partial charge >= 0.3 is 5.97 Å². The van der Waals surface area contributed by atoms with Crippen LogP contribution in [-0.2, 0) is 32.0 Å². The van der Waals surface area contributed by atoms with Crippen molar-refractivity contribution in [1.29, 1.82) is 0 Å². The first-order valence-electron chi connectivity index (χ1n) is 12.5. The smallest absolute Gasteiger partial charge is 0.326 e. The maximum absolute atomic E-state index is 13.3. The third-order valence-corrected chi connectivity index (χ3v) is 6.35. The molecule has 2 aromatic rings. The summed E-state index contributed by atoms with van der Waals surface area (Å²) in [7, 11) is 0. The Morgan fingerprint density at radius 1 is 0.895 bits per heavy atom. The van der Waals surface area contributed by atoms with Crippen LogP contribution in [0.4, 0.5) is 0 Å². The number of carbonyl (C=O) groups excluding carboxylic acids is 3. The molecule has 0 saturated carbocycles. The van der Waals surface area contributed by atoms with E-state index in [-0.39, 0.29) is 24.5 Å². The van der Waals surface area contributed by atoms with Gasteiger partial charge < -0.3 is 36.6 Å². The molecule has 3 amide bonds. The number of nitrogens with one attached hydrogen (secondary N) is 4. The first kappa shape index (κ1) is 28.6. The van der Waals surface area contributed by atoms with Gasteiger partial charge in [0.1, 0.15) is 23.9 Å². The zero-order chi connectivity index (χ0) is 27.7. The number of rotatable bonds is 12. The predicted octanol–water partition coefficient (Wildman–Crippen LogP) is -0.151. The number of aliphatic carboxylic acids is 1. The molecule has 1 fully saturated rings. The van der Waals surface area contributed by atoms with E-state index in [1.54, 1.807) is 42.5 Å². The van der Waals surface area contributed by atoms with Gasteiger partial charge in [0, 0.05) is 12.8 Å². The second kappa shape index (κ2) is 13.5. The number of amides is 3. The van der Waals surface area contributed by atoms with Gasteiger partial charge in [0.15, 0.2) is 0 Å². The number of aromatic hydroxyl groups is 1. The maximum Gasteiger partial charge on any atom is 0.326 e. The number of hydrogen-bond donors (Lipinski definition) is 7. The highest BCUT2D eigenvalue weighted by Crippen LogP contribution is 2.13. The summed E-state index contributed by atoms with van der Waals surface area (Å²) in [5.41, 5.74) is 1.34. The number of hydrogen-bond acceptors (Lipinski definition) is 7. The Bertz CT molecular complexity index is 1100. The van der Waals surface area contributed by atoms with Crippen LogP contribution in [0.1, 0.15) is 30.9 Å². The molecular formula is C27H34N4O7. The fourth-order valence-corrected chi connectivity index (χ4v) is 4.23. The molecule has 5 atom stereocenters. The van der Waals surface area contributed by atoms with E-state index in [4.69, 9.17) is 0 Å². The predicted molar refractivity (Wildman–Crippen MR) is 138 cm³/mol. The second-order valence-corrected chi connectivity index (χ2v) is 9.40. The molecular weight excluding hydrogens is 492 g/mol. The van der Waals surface area contributed by atoms with Gasteiger partial charge in [0.2, 0.25) is 17.7 Å². The van der Waals surface area contributed by atoms with Crippen molar-refractivity contribution in [2.45, 2.75) is 62.9 Å². The number of carboxylic acid groups (broad SMARTS) is 1. The summed E-state index contributed by atoms with van der Waals surface area (Å²) in [5.74, 6) is -3.18. The average molecular weight is 527 g/mol. The lowest BCUT2D eigenvalue weighted by atomic mass is 10.0. The molecule has 1 saturated heterocycles. The number of benzene rings is 2. The molecule has 0 aliphatic carbocycles. The van der Waals surface area contributed by atoms with E-state index in [1.165, 1.54) is 19.1 Å². The third-order valence-electron chi connectivity index (χ3n) is 6.35. The summed E-state index contributed by atoms with van der Waals surface area (Å²) in [4.78, 5) is 50.9. The maximum atomic E-state index is 13.3. The molecule has 0 spiro atoms. The fraction of sp³-hybridized carbons (Fsp3) is 0.407. The summed E-state index contributed by atoms with van der Waals surface area (Å²) in [5, 5.41) is 40.1. The number of aliphatic hydroxyl groups excluding tert-OH is 1. The molecule has 0 aromatic heterocycles. The number of phenols is 1. The van der Waals surface area contributed by atoms with Crippen molar-refractivity contribution >= 4 is 23.7 Å². The highest BCUT2D eigenvalue weighted by Gasteiger charge is 2.33. The highest BCUT2D eigenvalue weighted by atomic mass is 16.4. The summed E-state index contributed by atoms with van der Waals surface area (Å²) in [6, 6.07) is 10.6. The van der Waals surface area contributed by atoms with Crippen molar-refractivity contribution in [2.75, 3.05) is 6.54 Å². The van der Waals surface area contributed by atoms with Crippen LogP contribution in [0.5, 0.6) is 5.75 Å². The van der Waals surface area contributed by atoms with E-state index >= 15 is 0 Å². The van der Waals surface area contributed by atoms with E-state index in [0.29, 0.717) is 24.1 Å². The molecule has 204 valence electrons. The normalized spacial score (nSPS) is 18.0. The number of carboxylic acids is 1. The molecule has 11 heteroatoms. The Balaban J connectivity index is 1.73. The minimum atomic E-state index is -1.47. The Morgan fingerprint density at radius 2 is 1.53 bits per heavy atom. The summed E-state index contributed by atoms with van der Waals surface area (Å²) < 4.78 is 0. The van der Waals surface area contributed by atoms with Crippen molar-refractivity contribution < 1.29 is 34.5 Å². The van der Waals surface area contributed by atoms with Crippen molar-refractivity contribution in [3.63, 3.8) is 0 Å². The molecule has 0 bridgehead atoms. The van der Waals surface area contributed by atoms with Gasteiger partial charge in [-0.25, -0.2) is 4.79 Å². The monoisotopic (exact) mass is 526 g/mol. The lowest BCUT2D eigenvalue weighted by Crippen LogP contribution is -2.60. The van der Waals surface area contributed by atoms with E-state index in [2.05, 4.69) is 21.3 Å². The SMILES string of the molecule is CC(O)C(NC(=O)C(Cc1ccc(O)cc1)NC(=O)C1CCCN1)C(=O)NC(Cc1ccccc1)C(=O)O. The van der Waals surface area contributed by atoms with E-state index in [0.717, 1.165) is 6.42 Å². The molecule has 1 heterocycles. The Labute approximate surface area is 220 Å². The first-order valence-corrected chi connectivity index (χ1v) is 12.5. The topological polar surface area (TPSA) is 177 Å². The van der Waals surface area contributed by atoms with Crippen LogP contribution in [0.25, 0.3) is 0 Å². The summed E-state index contributed by atoms with van der Waals surface area (Å²) in [6.45, 7) is 1.98. The van der Waals surface area contributed by atoms with Gasteiger partial charge in [-0.2, -0.15) is 0 Å². The zero-order valence-corrected chi connectivity index (χ0v) is 21.1. The third kappa shape index (κ3) is 8.29. The molecule has 11 nitrogen and oxygen atoms in total. The van der Waals surface area contributed by atoms with Crippen LogP contribution in [-0.4, -0.2) is 75.8 Å². The van der Waals surface area contributed by atoms with Gasteiger partial charge in [-0.15, -0.1) is 0 Å². The van der Waals surface area contributed by atoms with Crippen LogP contribution in [0.15, 0.2) is 54.6 Å². The zero-order valence-electron chi connectivity index (χ0n) is 21.1. The number of aliphatic hydroxyl groups is 1. The highest BCUT2D eigenvalue weighted by molar-refractivity contribution is 5.94. The minimum absolute atomic E-state index is 0.0102. The van der Waals surface area contributed by atoms with Crippen LogP contribution in [0.3, 0.4) is 0 Å². The average Bonchev–Trinajstić information content (AvgIpc) is 3.43. The first-order chi connectivity index (χ1) is 18.1. The molecule has 1 aliphatic rings. The quantitative estimate of drug-likeness (QED) is 0.200. The van der Waals surface area contributed by atoms with Gasteiger partial charge in [-0.3, -0.25) is 14.4 Å². The van der Waals surface area contributed by atoms with Crippen LogP contribution in [0.2, 0.25) is 0 Å². The van der Waals surface area contributed by atoms with Gasteiger partial charge in [0.05, 0.1) is 12.1 Å². The summed E-state index contributed by atoms with van der Waals surface area (Å²) >= 11 is 0. The van der Waals surface area contributed by atoms with Crippen LogP contribution in [0, 0.1) is 0 Å². The molecule has 2 aromatic carbocycles. The van der Waals surface area contributed by atoms with Crippen molar-refractivity contribution in [2.24, 2.45) is 0 Å². The largest absolute Gasteiger partial charge is 0.508 e. The number of phenolic OH excluding ortho intramolecular Hbond substituents is 1. The van der Waals surface area contributed by atoms with E-state index < -0.39 is 48.1 Å². The Kier molecular flexibility index (Phi) is 10.2. The molecule has 1 aliphatic heterocycles. The molecule has 38 heavy (non-hydrogen) atoms. The Hall–Kier alpha value is -3.96. The van der Waals surface area contributed by atoms with Gasteiger partial charge in [-0.05, 0) is 49.6 Å². The molecule has 5 unspecified atom stereocenters. The molecule has 7 N–H and O–H groups in total. The standard InChI is InChI=1S/C27H34N4O7/c1-16(32)23(26(36)30-22(27(37)38)15-17-6-3-2-4-7-17)31-25(35)21(14-18-9-11-19(33)12-10-18)29-24(34)20-8-5-13-28-20/h2-4,6-7,9-12,16,20-23,28,32-33H,5,8,13-15H2,1H3,(H,29,34)(H,30,36)(H,31,35)(H,37,38). The van der Waals surface area contributed by atoms with Gasteiger partial charge in [-0.1, -0.05) is 42.5 Å².